The third kappa shape index (κ3) is 2.86. The Labute approximate surface area is 124 Å². The first-order valence-corrected chi connectivity index (χ1v) is 7.69. The fourth-order valence-corrected chi connectivity index (χ4v) is 4.52. The lowest BCUT2D eigenvalue weighted by Crippen LogP contribution is -2.38. The van der Waals surface area contributed by atoms with E-state index in [2.05, 4.69) is 10.3 Å². The smallest absolute Gasteiger partial charge is 0.0558 e. The Balaban J connectivity index is 0.00000120. The van der Waals surface area contributed by atoms with Crippen molar-refractivity contribution in [1.82, 2.24) is 4.90 Å². The van der Waals surface area contributed by atoms with Crippen molar-refractivity contribution in [1.29, 1.82) is 0 Å². The van der Waals surface area contributed by atoms with Gasteiger partial charge in [-0.05, 0) is 36.1 Å². The van der Waals surface area contributed by atoms with E-state index in [-0.39, 0.29) is 12.4 Å². The van der Waals surface area contributed by atoms with Crippen LogP contribution >= 0.6 is 35.3 Å². The van der Waals surface area contributed by atoms with Crippen LogP contribution in [0.25, 0.3) is 0 Å². The van der Waals surface area contributed by atoms with E-state index in [9.17, 15) is 0 Å². The summed E-state index contributed by atoms with van der Waals surface area (Å²) in [5, 5.41) is 3.00. The second kappa shape index (κ2) is 6.10. The van der Waals surface area contributed by atoms with E-state index in [4.69, 9.17) is 17.3 Å². The first-order valence-electron chi connectivity index (χ1n) is 6.44. The maximum absolute atomic E-state index is 6.24. The van der Waals surface area contributed by atoms with Gasteiger partial charge < -0.3 is 5.73 Å². The van der Waals surface area contributed by atoms with E-state index >= 15 is 0 Å². The molecule has 3 unspecified atom stereocenters. The Hall–Kier alpha value is 0.200. The van der Waals surface area contributed by atoms with E-state index in [1.165, 1.54) is 37.2 Å². The molecule has 2 fully saturated rings. The normalized spacial score (nSPS) is 32.0. The summed E-state index contributed by atoms with van der Waals surface area (Å²) in [5.41, 5.74) is 6.24. The Kier molecular flexibility index (Phi) is 4.95. The minimum Gasteiger partial charge on any atom is -0.327 e. The van der Waals surface area contributed by atoms with Gasteiger partial charge in [0.1, 0.15) is 0 Å². The molecular formula is C13H20Cl2N2S. The van der Waals surface area contributed by atoms with Crippen LogP contribution in [0.1, 0.15) is 24.1 Å². The second-order valence-corrected chi connectivity index (χ2v) is 6.81. The van der Waals surface area contributed by atoms with E-state index in [0.717, 1.165) is 23.4 Å². The van der Waals surface area contributed by atoms with E-state index < -0.39 is 0 Å². The number of likely N-dealkylation sites (tertiary alicyclic amines) is 1. The molecule has 5 heteroatoms. The van der Waals surface area contributed by atoms with Crippen molar-refractivity contribution in [2.75, 3.05) is 13.1 Å². The van der Waals surface area contributed by atoms with E-state index in [0.29, 0.717) is 6.04 Å². The molecular weight excluding hydrogens is 287 g/mol. The van der Waals surface area contributed by atoms with E-state index in [1.807, 2.05) is 6.07 Å². The number of rotatable bonds is 2. The monoisotopic (exact) mass is 306 g/mol. The van der Waals surface area contributed by atoms with Crippen molar-refractivity contribution in [2.24, 2.45) is 17.6 Å². The minimum absolute atomic E-state index is 0. The third-order valence-corrected chi connectivity index (χ3v) is 5.66. The van der Waals surface area contributed by atoms with Crippen molar-refractivity contribution >= 4 is 35.3 Å². The second-order valence-electron chi connectivity index (χ2n) is 5.40. The van der Waals surface area contributed by atoms with Crippen molar-refractivity contribution in [3.05, 3.63) is 21.3 Å². The molecule has 0 radical (unpaired) electrons. The van der Waals surface area contributed by atoms with Crippen LogP contribution in [-0.2, 0) is 6.54 Å². The summed E-state index contributed by atoms with van der Waals surface area (Å²) >= 11 is 7.92. The van der Waals surface area contributed by atoms with Gasteiger partial charge in [-0.25, -0.2) is 0 Å². The Morgan fingerprint density at radius 1 is 1.39 bits per heavy atom. The maximum Gasteiger partial charge on any atom is 0.0558 e. The molecule has 1 aromatic heterocycles. The first kappa shape index (κ1) is 14.6. The molecule has 0 spiro atoms. The van der Waals surface area contributed by atoms with Crippen LogP contribution in [0.15, 0.2) is 11.4 Å². The molecule has 2 heterocycles. The Morgan fingerprint density at radius 2 is 2.22 bits per heavy atom. The summed E-state index contributed by atoms with van der Waals surface area (Å²) in [6.45, 7) is 3.39. The van der Waals surface area contributed by atoms with Gasteiger partial charge >= 0.3 is 0 Å². The van der Waals surface area contributed by atoms with Gasteiger partial charge in [0.25, 0.3) is 0 Å². The van der Waals surface area contributed by atoms with Crippen molar-refractivity contribution in [2.45, 2.75) is 31.8 Å². The fourth-order valence-electron chi connectivity index (χ4n) is 3.38. The molecule has 3 rings (SSSR count). The summed E-state index contributed by atoms with van der Waals surface area (Å²) in [4.78, 5) is 3.84. The minimum atomic E-state index is 0. The van der Waals surface area contributed by atoms with Gasteiger partial charge in [-0.2, -0.15) is 0 Å². The zero-order chi connectivity index (χ0) is 11.8. The van der Waals surface area contributed by atoms with Crippen molar-refractivity contribution in [3.63, 3.8) is 0 Å². The molecule has 0 aromatic carbocycles. The molecule has 1 aliphatic carbocycles. The highest BCUT2D eigenvalue weighted by atomic mass is 35.5. The first-order chi connectivity index (χ1) is 8.24. The number of hydrogen-bond donors (Lipinski definition) is 1. The van der Waals surface area contributed by atoms with Crippen LogP contribution in [0.2, 0.25) is 5.02 Å². The molecule has 2 nitrogen and oxygen atoms in total. The summed E-state index contributed by atoms with van der Waals surface area (Å²) in [6.07, 6.45) is 3.90. The molecule has 1 aromatic rings. The average Bonchev–Trinajstić information content (AvgIpc) is 2.87. The van der Waals surface area contributed by atoms with Gasteiger partial charge in [0, 0.05) is 30.6 Å². The Morgan fingerprint density at radius 3 is 2.89 bits per heavy atom. The van der Waals surface area contributed by atoms with Crippen molar-refractivity contribution < 1.29 is 0 Å². The molecule has 0 amide bonds. The lowest BCUT2D eigenvalue weighted by atomic mass is 9.78. The SMILES string of the molecule is Cl.NC1CCCC2CN(Cc3sccc3Cl)CC12. The number of nitrogens with two attached hydrogens (primary N) is 1. The van der Waals surface area contributed by atoms with Gasteiger partial charge in [0.2, 0.25) is 0 Å². The highest BCUT2D eigenvalue weighted by molar-refractivity contribution is 7.10. The number of hydrogen-bond acceptors (Lipinski definition) is 3. The van der Waals surface area contributed by atoms with Gasteiger partial charge in [-0.1, -0.05) is 18.0 Å². The molecule has 3 atom stereocenters. The lowest BCUT2D eigenvalue weighted by molar-refractivity contribution is 0.259. The van der Waals surface area contributed by atoms with Gasteiger partial charge in [-0.3, -0.25) is 4.90 Å². The molecule has 2 aliphatic rings. The van der Waals surface area contributed by atoms with Crippen LogP contribution < -0.4 is 5.73 Å². The molecule has 1 saturated heterocycles. The molecule has 18 heavy (non-hydrogen) atoms. The van der Waals surface area contributed by atoms with Crippen LogP contribution in [-0.4, -0.2) is 24.0 Å². The molecule has 0 bridgehead atoms. The lowest BCUT2D eigenvalue weighted by Gasteiger charge is -2.29. The topological polar surface area (TPSA) is 29.3 Å². The van der Waals surface area contributed by atoms with Gasteiger partial charge in [0.05, 0.1) is 5.02 Å². The maximum atomic E-state index is 6.24. The largest absolute Gasteiger partial charge is 0.327 e. The fraction of sp³-hybridized carbons (Fsp3) is 0.692. The molecule has 102 valence electrons. The standard InChI is InChI=1S/C13H19ClN2S.ClH/c14-11-4-5-17-13(11)8-16-6-9-2-1-3-12(15)10(9)7-16;/h4-5,9-10,12H,1-3,6-8,15H2;1H. The summed E-state index contributed by atoms with van der Waals surface area (Å²) in [5.74, 6) is 1.56. The highest BCUT2D eigenvalue weighted by Gasteiger charge is 2.38. The molecule has 2 N–H and O–H groups in total. The Bertz CT molecular complexity index is 396. The quantitative estimate of drug-likeness (QED) is 0.907. The number of fused-ring (bicyclic) bond motifs is 1. The molecule has 1 aliphatic heterocycles. The van der Waals surface area contributed by atoms with Crippen LogP contribution in [0.5, 0.6) is 0 Å². The summed E-state index contributed by atoms with van der Waals surface area (Å²) in [6, 6.07) is 2.42. The van der Waals surface area contributed by atoms with Crippen LogP contribution in [0.3, 0.4) is 0 Å². The predicted octanol–water partition coefficient (Wildman–Crippen LogP) is 3.38. The van der Waals surface area contributed by atoms with Crippen molar-refractivity contribution in [3.8, 4) is 0 Å². The number of nitrogens with zero attached hydrogens (tertiary/aromatic N) is 1. The summed E-state index contributed by atoms with van der Waals surface area (Å²) in [7, 11) is 0. The summed E-state index contributed by atoms with van der Waals surface area (Å²) < 4.78 is 0. The zero-order valence-corrected chi connectivity index (χ0v) is 12.7. The molecule has 1 saturated carbocycles. The average molecular weight is 307 g/mol. The van der Waals surface area contributed by atoms with Crippen LogP contribution in [0.4, 0.5) is 0 Å². The zero-order valence-electron chi connectivity index (χ0n) is 10.3. The third-order valence-electron chi connectivity index (χ3n) is 4.29. The van der Waals surface area contributed by atoms with Crippen LogP contribution in [0, 0.1) is 11.8 Å². The van der Waals surface area contributed by atoms with Gasteiger partial charge in [0.15, 0.2) is 0 Å². The predicted molar refractivity (Wildman–Crippen MR) is 80.7 cm³/mol. The number of halogens is 2. The highest BCUT2D eigenvalue weighted by Crippen LogP contribution is 2.37. The number of thiophene rings is 1. The van der Waals surface area contributed by atoms with Gasteiger partial charge in [-0.15, -0.1) is 23.7 Å². The van der Waals surface area contributed by atoms with E-state index in [1.54, 1.807) is 11.3 Å².